The Bertz CT molecular complexity index is 402. The number of nitrogens with zero attached hydrogens (tertiary/aromatic N) is 1. The van der Waals surface area contributed by atoms with Gasteiger partial charge in [-0.2, -0.15) is 0 Å². The Labute approximate surface area is 116 Å². The topological polar surface area (TPSA) is 24.5 Å². The molecular weight excluding hydrogens is 236 g/mol. The number of likely N-dealkylation sites (N-methyl/N-ethyl adjacent to an activating group) is 1. The van der Waals surface area contributed by atoms with E-state index < -0.39 is 0 Å². The van der Waals surface area contributed by atoms with Crippen LogP contribution in [0, 0.1) is 12.8 Å². The summed E-state index contributed by atoms with van der Waals surface area (Å²) in [5.41, 5.74) is 3.98. The monoisotopic (exact) mass is 262 g/mol. The van der Waals surface area contributed by atoms with Crippen LogP contribution >= 0.6 is 0 Å². The third kappa shape index (κ3) is 4.51. The number of rotatable bonds is 8. The highest BCUT2D eigenvalue weighted by Gasteiger charge is 2.20. The van der Waals surface area contributed by atoms with E-state index in [2.05, 4.69) is 42.4 Å². The van der Waals surface area contributed by atoms with E-state index in [1.54, 1.807) is 0 Å². The summed E-state index contributed by atoms with van der Waals surface area (Å²) < 4.78 is 5.69. The Morgan fingerprint density at radius 1 is 1.37 bits per heavy atom. The standard InChI is InChI=1S/C16H26N2O/c1-13-10-16(7-6-15(13)11-17-2)18(3)8-9-19-12-14-4-5-14/h6-7,10,14,17H,4-5,8-9,11-12H2,1-3H3. The summed E-state index contributed by atoms with van der Waals surface area (Å²) in [6, 6.07) is 6.66. The average Bonchev–Trinajstić information content (AvgIpc) is 3.21. The van der Waals surface area contributed by atoms with Crippen LogP contribution in [0.1, 0.15) is 24.0 Å². The third-order valence-electron chi connectivity index (χ3n) is 3.76. The van der Waals surface area contributed by atoms with Gasteiger partial charge in [-0.3, -0.25) is 0 Å². The quantitative estimate of drug-likeness (QED) is 0.729. The predicted molar refractivity (Wildman–Crippen MR) is 80.8 cm³/mol. The van der Waals surface area contributed by atoms with Crippen LogP contribution in [-0.2, 0) is 11.3 Å². The SMILES string of the molecule is CNCc1ccc(N(C)CCOCC2CC2)cc1C. The number of benzene rings is 1. The van der Waals surface area contributed by atoms with Crippen LogP contribution in [0.3, 0.4) is 0 Å². The highest BCUT2D eigenvalue weighted by Crippen LogP contribution is 2.28. The fraction of sp³-hybridized carbons (Fsp3) is 0.625. The molecule has 1 aliphatic rings. The Morgan fingerprint density at radius 3 is 2.79 bits per heavy atom. The van der Waals surface area contributed by atoms with Crippen molar-refractivity contribution in [3.05, 3.63) is 29.3 Å². The first-order valence-corrected chi connectivity index (χ1v) is 7.23. The third-order valence-corrected chi connectivity index (χ3v) is 3.76. The second-order valence-corrected chi connectivity index (χ2v) is 5.58. The van der Waals surface area contributed by atoms with Gasteiger partial charge < -0.3 is 15.0 Å². The second-order valence-electron chi connectivity index (χ2n) is 5.58. The number of aryl methyl sites for hydroxylation is 1. The molecule has 19 heavy (non-hydrogen) atoms. The minimum atomic E-state index is 0.824. The minimum Gasteiger partial charge on any atom is -0.379 e. The van der Waals surface area contributed by atoms with E-state index in [-0.39, 0.29) is 0 Å². The molecule has 3 heteroatoms. The van der Waals surface area contributed by atoms with Gasteiger partial charge in [0.1, 0.15) is 0 Å². The summed E-state index contributed by atoms with van der Waals surface area (Å²) in [5, 5.41) is 3.20. The molecule has 1 aromatic rings. The Hall–Kier alpha value is -1.06. The molecule has 1 fully saturated rings. The van der Waals surface area contributed by atoms with Crippen molar-refractivity contribution in [2.45, 2.75) is 26.3 Å². The molecule has 0 bridgehead atoms. The van der Waals surface area contributed by atoms with Gasteiger partial charge in [-0.05, 0) is 56.0 Å². The van der Waals surface area contributed by atoms with Gasteiger partial charge in [-0.15, -0.1) is 0 Å². The van der Waals surface area contributed by atoms with Crippen molar-refractivity contribution in [3.63, 3.8) is 0 Å². The molecule has 2 rings (SSSR count). The predicted octanol–water partition coefficient (Wildman–Crippen LogP) is 2.58. The van der Waals surface area contributed by atoms with Crippen LogP contribution in [0.4, 0.5) is 5.69 Å². The zero-order valence-electron chi connectivity index (χ0n) is 12.4. The van der Waals surface area contributed by atoms with Crippen LogP contribution in [0.25, 0.3) is 0 Å². The molecule has 0 aliphatic heterocycles. The Kier molecular flexibility index (Phi) is 5.23. The van der Waals surface area contributed by atoms with Gasteiger partial charge in [0.25, 0.3) is 0 Å². The lowest BCUT2D eigenvalue weighted by Gasteiger charge is -2.20. The fourth-order valence-electron chi connectivity index (χ4n) is 2.17. The molecule has 1 N–H and O–H groups in total. The minimum absolute atomic E-state index is 0.824. The van der Waals surface area contributed by atoms with Crippen LogP contribution in [-0.4, -0.2) is 33.9 Å². The second kappa shape index (κ2) is 6.92. The van der Waals surface area contributed by atoms with Crippen molar-refractivity contribution < 1.29 is 4.74 Å². The van der Waals surface area contributed by atoms with Crippen LogP contribution in [0.2, 0.25) is 0 Å². The van der Waals surface area contributed by atoms with Gasteiger partial charge in [0.15, 0.2) is 0 Å². The first kappa shape index (κ1) is 14.4. The molecule has 0 unspecified atom stereocenters. The normalized spacial score (nSPS) is 14.7. The van der Waals surface area contributed by atoms with Crippen molar-refractivity contribution in [2.75, 3.05) is 38.8 Å². The Balaban J connectivity index is 1.80. The maximum absolute atomic E-state index is 5.69. The van der Waals surface area contributed by atoms with E-state index in [1.807, 2.05) is 7.05 Å². The van der Waals surface area contributed by atoms with Crippen LogP contribution < -0.4 is 10.2 Å². The molecule has 0 amide bonds. The molecule has 3 nitrogen and oxygen atoms in total. The van der Waals surface area contributed by atoms with Crippen molar-refractivity contribution in [2.24, 2.45) is 5.92 Å². The van der Waals surface area contributed by atoms with E-state index >= 15 is 0 Å². The lowest BCUT2D eigenvalue weighted by atomic mass is 10.1. The zero-order valence-corrected chi connectivity index (χ0v) is 12.4. The maximum Gasteiger partial charge on any atom is 0.0641 e. The van der Waals surface area contributed by atoms with E-state index in [1.165, 1.54) is 29.7 Å². The van der Waals surface area contributed by atoms with E-state index in [0.717, 1.165) is 32.2 Å². The summed E-state index contributed by atoms with van der Waals surface area (Å²) in [6.45, 7) is 5.84. The molecule has 1 saturated carbocycles. The summed E-state index contributed by atoms with van der Waals surface area (Å²) in [4.78, 5) is 2.27. The summed E-state index contributed by atoms with van der Waals surface area (Å²) in [6.07, 6.45) is 2.73. The van der Waals surface area contributed by atoms with Gasteiger partial charge in [-0.1, -0.05) is 6.07 Å². The Morgan fingerprint density at radius 2 is 2.16 bits per heavy atom. The molecular formula is C16H26N2O. The summed E-state index contributed by atoms with van der Waals surface area (Å²) in [5.74, 6) is 0.855. The molecule has 0 radical (unpaired) electrons. The van der Waals surface area contributed by atoms with Crippen molar-refractivity contribution >= 4 is 5.69 Å². The van der Waals surface area contributed by atoms with Crippen molar-refractivity contribution in [3.8, 4) is 0 Å². The molecule has 0 saturated heterocycles. The van der Waals surface area contributed by atoms with E-state index in [0.29, 0.717) is 0 Å². The van der Waals surface area contributed by atoms with Crippen molar-refractivity contribution in [1.29, 1.82) is 0 Å². The van der Waals surface area contributed by atoms with Gasteiger partial charge in [0, 0.05) is 32.4 Å². The molecule has 0 spiro atoms. The molecule has 0 atom stereocenters. The van der Waals surface area contributed by atoms with Crippen LogP contribution in [0.5, 0.6) is 0 Å². The number of anilines is 1. The zero-order chi connectivity index (χ0) is 13.7. The molecule has 0 heterocycles. The fourth-order valence-corrected chi connectivity index (χ4v) is 2.17. The number of nitrogens with one attached hydrogen (secondary N) is 1. The lowest BCUT2D eigenvalue weighted by Crippen LogP contribution is -2.23. The first-order valence-electron chi connectivity index (χ1n) is 7.23. The maximum atomic E-state index is 5.69. The summed E-state index contributed by atoms with van der Waals surface area (Å²) in [7, 11) is 4.11. The van der Waals surface area contributed by atoms with E-state index in [4.69, 9.17) is 4.74 Å². The smallest absolute Gasteiger partial charge is 0.0641 e. The van der Waals surface area contributed by atoms with Gasteiger partial charge in [-0.25, -0.2) is 0 Å². The summed E-state index contributed by atoms with van der Waals surface area (Å²) >= 11 is 0. The molecule has 1 aliphatic carbocycles. The van der Waals surface area contributed by atoms with Crippen LogP contribution in [0.15, 0.2) is 18.2 Å². The molecule has 1 aromatic carbocycles. The van der Waals surface area contributed by atoms with E-state index in [9.17, 15) is 0 Å². The number of hydrogen-bond donors (Lipinski definition) is 1. The van der Waals surface area contributed by atoms with Gasteiger partial charge in [0.05, 0.1) is 6.61 Å². The van der Waals surface area contributed by atoms with Crippen molar-refractivity contribution in [1.82, 2.24) is 5.32 Å². The molecule has 0 aromatic heterocycles. The number of ether oxygens (including phenoxy) is 1. The lowest BCUT2D eigenvalue weighted by molar-refractivity contribution is 0.131. The average molecular weight is 262 g/mol. The van der Waals surface area contributed by atoms with Gasteiger partial charge in [0.2, 0.25) is 0 Å². The first-order chi connectivity index (χ1) is 9.20. The van der Waals surface area contributed by atoms with Gasteiger partial charge >= 0.3 is 0 Å². The largest absolute Gasteiger partial charge is 0.379 e. The molecule has 106 valence electrons. The highest BCUT2D eigenvalue weighted by molar-refractivity contribution is 5.50. The number of hydrogen-bond acceptors (Lipinski definition) is 3. The highest BCUT2D eigenvalue weighted by atomic mass is 16.5.